The molecule has 0 amide bonds. The van der Waals surface area contributed by atoms with Crippen molar-refractivity contribution in [2.45, 2.75) is 18.9 Å². The number of hydrogen-bond acceptors (Lipinski definition) is 6. The Kier molecular flexibility index (Phi) is 5.07. The minimum absolute atomic E-state index is 0.180. The van der Waals surface area contributed by atoms with Crippen molar-refractivity contribution < 1.29 is 8.42 Å². The Morgan fingerprint density at radius 2 is 1.89 bits per heavy atom. The summed E-state index contributed by atoms with van der Waals surface area (Å²) in [5.41, 5.74) is 2.14. The van der Waals surface area contributed by atoms with Gasteiger partial charge in [0.25, 0.3) is 0 Å². The Hall–Kier alpha value is -1.74. The van der Waals surface area contributed by atoms with Crippen LogP contribution < -0.4 is 5.32 Å². The third-order valence-electron chi connectivity index (χ3n) is 4.79. The van der Waals surface area contributed by atoms with Crippen LogP contribution in [0.1, 0.15) is 12.8 Å². The number of nitrogens with one attached hydrogen (secondary N) is 1. The quantitative estimate of drug-likeness (QED) is 0.691. The number of piperidine rings is 1. The Bertz CT molecular complexity index is 1060. The molecule has 1 saturated heterocycles. The summed E-state index contributed by atoms with van der Waals surface area (Å²) in [6, 6.07) is 7.91. The second-order valence-electron chi connectivity index (χ2n) is 6.64. The van der Waals surface area contributed by atoms with Gasteiger partial charge in [-0.3, -0.25) is 0 Å². The molecule has 6 nitrogen and oxygen atoms in total. The summed E-state index contributed by atoms with van der Waals surface area (Å²) in [6.07, 6.45) is 4.33. The van der Waals surface area contributed by atoms with Gasteiger partial charge in [0.05, 0.1) is 11.6 Å². The molecule has 27 heavy (non-hydrogen) atoms. The predicted octanol–water partition coefficient (Wildman–Crippen LogP) is 3.85. The molecule has 0 atom stereocenters. The second-order valence-corrected chi connectivity index (χ2v) is 9.92. The van der Waals surface area contributed by atoms with Gasteiger partial charge in [-0.1, -0.05) is 23.7 Å². The van der Waals surface area contributed by atoms with Crippen LogP contribution in [0.3, 0.4) is 0 Å². The van der Waals surface area contributed by atoms with Gasteiger partial charge in [0.2, 0.25) is 10.0 Å². The molecular formula is C18H19ClN4O2S2. The first-order valence-electron chi connectivity index (χ1n) is 8.61. The molecule has 2 aromatic heterocycles. The van der Waals surface area contributed by atoms with Crippen LogP contribution in [0.25, 0.3) is 21.3 Å². The molecular weight excluding hydrogens is 404 g/mol. The van der Waals surface area contributed by atoms with Crippen LogP contribution in [-0.4, -0.2) is 48.1 Å². The fourth-order valence-corrected chi connectivity index (χ4v) is 5.27. The molecule has 0 spiro atoms. The highest BCUT2D eigenvalue weighted by Gasteiger charge is 2.25. The third-order valence-corrected chi connectivity index (χ3v) is 7.23. The van der Waals surface area contributed by atoms with Gasteiger partial charge in [0.15, 0.2) is 0 Å². The van der Waals surface area contributed by atoms with Crippen LogP contribution in [0.15, 0.2) is 36.0 Å². The lowest BCUT2D eigenvalue weighted by Crippen LogP contribution is -2.41. The molecule has 1 aliphatic heterocycles. The largest absolute Gasteiger partial charge is 0.367 e. The van der Waals surface area contributed by atoms with Crippen LogP contribution in [0.5, 0.6) is 0 Å². The molecule has 9 heteroatoms. The molecule has 1 fully saturated rings. The number of rotatable bonds is 4. The van der Waals surface area contributed by atoms with Crippen molar-refractivity contribution in [3.05, 3.63) is 41.0 Å². The van der Waals surface area contributed by atoms with Gasteiger partial charge in [0, 0.05) is 35.1 Å². The van der Waals surface area contributed by atoms with Gasteiger partial charge < -0.3 is 5.32 Å². The zero-order chi connectivity index (χ0) is 19.0. The molecule has 3 aromatic rings. The maximum atomic E-state index is 11.7. The standard InChI is InChI=1S/C18H19ClN4O2S2/c1-27(24,25)23-8-6-14(7-9-23)22-17-16-15(10-26-18(16)21-11-20-17)12-2-4-13(19)5-3-12/h2-5,10-11,14H,6-9H2,1H3,(H,20,21,22). The van der Waals surface area contributed by atoms with Crippen molar-refractivity contribution in [1.29, 1.82) is 0 Å². The first-order valence-corrected chi connectivity index (χ1v) is 11.7. The van der Waals surface area contributed by atoms with Gasteiger partial charge in [-0.25, -0.2) is 22.7 Å². The number of sulfonamides is 1. The summed E-state index contributed by atoms with van der Waals surface area (Å²) >= 11 is 7.60. The Balaban J connectivity index is 1.61. The maximum Gasteiger partial charge on any atom is 0.211 e. The number of thiophene rings is 1. The van der Waals surface area contributed by atoms with E-state index in [4.69, 9.17) is 11.6 Å². The van der Waals surface area contributed by atoms with E-state index in [0.29, 0.717) is 18.1 Å². The van der Waals surface area contributed by atoms with Crippen molar-refractivity contribution in [3.63, 3.8) is 0 Å². The van der Waals surface area contributed by atoms with E-state index in [1.54, 1.807) is 17.7 Å². The fraction of sp³-hybridized carbons (Fsp3) is 0.333. The van der Waals surface area contributed by atoms with E-state index in [1.165, 1.54) is 10.6 Å². The molecule has 4 rings (SSSR count). The Morgan fingerprint density at radius 1 is 1.19 bits per heavy atom. The number of hydrogen-bond donors (Lipinski definition) is 1. The topological polar surface area (TPSA) is 75.2 Å². The number of fused-ring (bicyclic) bond motifs is 1. The van der Waals surface area contributed by atoms with Crippen molar-refractivity contribution in [1.82, 2.24) is 14.3 Å². The summed E-state index contributed by atoms with van der Waals surface area (Å²) in [5, 5.41) is 7.29. The molecule has 1 N–H and O–H groups in total. The molecule has 0 aliphatic carbocycles. The SMILES string of the molecule is CS(=O)(=O)N1CCC(Nc2ncnc3scc(-c4ccc(Cl)cc4)c23)CC1. The number of nitrogens with zero attached hydrogens (tertiary/aromatic N) is 3. The monoisotopic (exact) mass is 422 g/mol. The summed E-state index contributed by atoms with van der Waals surface area (Å²) in [7, 11) is -3.12. The van der Waals surface area contributed by atoms with Crippen LogP contribution in [0.4, 0.5) is 5.82 Å². The van der Waals surface area contributed by atoms with E-state index in [1.807, 2.05) is 24.3 Å². The number of halogens is 1. The van der Waals surface area contributed by atoms with Crippen molar-refractivity contribution in [2.75, 3.05) is 24.7 Å². The summed E-state index contributed by atoms with van der Waals surface area (Å²) in [5.74, 6) is 0.795. The van der Waals surface area contributed by atoms with E-state index in [2.05, 4.69) is 20.7 Å². The summed E-state index contributed by atoms with van der Waals surface area (Å²) in [4.78, 5) is 9.79. The average molecular weight is 423 g/mol. The number of aromatic nitrogens is 2. The van der Waals surface area contributed by atoms with Crippen molar-refractivity contribution in [3.8, 4) is 11.1 Å². The average Bonchev–Trinajstić information content (AvgIpc) is 3.07. The second kappa shape index (κ2) is 7.35. The zero-order valence-corrected chi connectivity index (χ0v) is 17.1. The molecule has 0 radical (unpaired) electrons. The highest BCUT2D eigenvalue weighted by atomic mass is 35.5. The summed E-state index contributed by atoms with van der Waals surface area (Å²) in [6.45, 7) is 1.05. The minimum atomic E-state index is -3.12. The van der Waals surface area contributed by atoms with E-state index < -0.39 is 10.0 Å². The van der Waals surface area contributed by atoms with E-state index >= 15 is 0 Å². The van der Waals surface area contributed by atoms with Gasteiger partial charge in [-0.05, 0) is 30.5 Å². The molecule has 0 bridgehead atoms. The van der Waals surface area contributed by atoms with Gasteiger partial charge in [0.1, 0.15) is 17.0 Å². The van der Waals surface area contributed by atoms with Crippen LogP contribution in [0.2, 0.25) is 5.02 Å². The maximum absolute atomic E-state index is 11.7. The van der Waals surface area contributed by atoms with Gasteiger partial charge in [-0.15, -0.1) is 11.3 Å². The highest BCUT2D eigenvalue weighted by Crippen LogP contribution is 2.37. The molecule has 0 saturated carbocycles. The first kappa shape index (κ1) is 18.6. The lowest BCUT2D eigenvalue weighted by molar-refractivity contribution is 0.331. The fourth-order valence-electron chi connectivity index (χ4n) is 3.35. The summed E-state index contributed by atoms with van der Waals surface area (Å²) < 4.78 is 24.9. The van der Waals surface area contributed by atoms with Crippen molar-refractivity contribution in [2.24, 2.45) is 0 Å². The van der Waals surface area contributed by atoms with E-state index in [-0.39, 0.29) is 6.04 Å². The molecule has 1 aromatic carbocycles. The minimum Gasteiger partial charge on any atom is -0.367 e. The van der Waals surface area contributed by atoms with Crippen LogP contribution in [0, 0.1) is 0 Å². The zero-order valence-electron chi connectivity index (χ0n) is 14.7. The number of anilines is 1. The van der Waals surface area contributed by atoms with Crippen molar-refractivity contribution >= 4 is 49.0 Å². The van der Waals surface area contributed by atoms with Gasteiger partial charge >= 0.3 is 0 Å². The first-order chi connectivity index (χ1) is 12.9. The molecule has 1 aliphatic rings. The predicted molar refractivity (Wildman–Crippen MR) is 111 cm³/mol. The smallest absolute Gasteiger partial charge is 0.211 e. The lowest BCUT2D eigenvalue weighted by atomic mass is 10.0. The van der Waals surface area contributed by atoms with E-state index in [0.717, 1.165) is 40.0 Å². The normalized spacial score (nSPS) is 16.7. The van der Waals surface area contributed by atoms with E-state index in [9.17, 15) is 8.42 Å². The Morgan fingerprint density at radius 3 is 2.56 bits per heavy atom. The lowest BCUT2D eigenvalue weighted by Gasteiger charge is -2.31. The van der Waals surface area contributed by atoms with Crippen LogP contribution >= 0.6 is 22.9 Å². The molecule has 0 unspecified atom stereocenters. The number of benzene rings is 1. The molecule has 3 heterocycles. The van der Waals surface area contributed by atoms with Crippen LogP contribution in [-0.2, 0) is 10.0 Å². The molecule has 142 valence electrons. The van der Waals surface area contributed by atoms with Gasteiger partial charge in [-0.2, -0.15) is 0 Å². The third kappa shape index (κ3) is 3.94. The Labute approximate surface area is 167 Å². The highest BCUT2D eigenvalue weighted by molar-refractivity contribution is 7.88.